The molecule has 1 saturated heterocycles. The van der Waals surface area contributed by atoms with Crippen molar-refractivity contribution < 1.29 is 18.9 Å². The number of ether oxygens (including phenoxy) is 4. The predicted molar refractivity (Wildman–Crippen MR) is 101 cm³/mol. The molecule has 0 bridgehead atoms. The normalized spacial score (nSPS) is 19.5. The topological polar surface area (TPSA) is 36.9 Å². The van der Waals surface area contributed by atoms with E-state index in [4.69, 9.17) is 18.9 Å². The first-order chi connectivity index (χ1) is 12.2. The summed E-state index contributed by atoms with van der Waals surface area (Å²) in [5, 5.41) is 0.879. The van der Waals surface area contributed by atoms with Gasteiger partial charge in [-0.05, 0) is 48.2 Å². The average Bonchev–Trinajstić information content (AvgIpc) is 3.17. The van der Waals surface area contributed by atoms with Gasteiger partial charge in [-0.15, -0.1) is 11.8 Å². The number of thioether (sulfide) groups is 1. The van der Waals surface area contributed by atoms with Gasteiger partial charge < -0.3 is 18.9 Å². The van der Waals surface area contributed by atoms with Gasteiger partial charge in [0.2, 0.25) is 5.75 Å². The third-order valence-electron chi connectivity index (χ3n) is 4.54. The zero-order valence-electron chi connectivity index (χ0n) is 15.1. The minimum absolute atomic E-state index is 0.407. The smallest absolute Gasteiger partial charge is 0.203 e. The maximum Gasteiger partial charge on any atom is 0.203 e. The lowest BCUT2D eigenvalue weighted by atomic mass is 10.0. The summed E-state index contributed by atoms with van der Waals surface area (Å²) in [5.74, 6) is 2.97. The number of methoxy groups -OCH3 is 4. The lowest BCUT2D eigenvalue weighted by molar-refractivity contribution is 0.323. The third kappa shape index (κ3) is 3.66. The van der Waals surface area contributed by atoms with Crippen LogP contribution in [0.1, 0.15) is 34.5 Å². The highest BCUT2D eigenvalue weighted by molar-refractivity contribution is 8.00. The van der Waals surface area contributed by atoms with Crippen molar-refractivity contribution in [2.45, 2.75) is 23.3 Å². The first kappa shape index (κ1) is 17.8. The molecule has 0 aliphatic carbocycles. The fraction of sp³-hybridized carbons (Fsp3) is 0.400. The Bertz CT molecular complexity index is 706. The molecule has 0 saturated carbocycles. The average molecular weight is 360 g/mol. The van der Waals surface area contributed by atoms with E-state index in [0.29, 0.717) is 27.7 Å². The Morgan fingerprint density at radius 3 is 1.96 bits per heavy atom. The number of hydrogen-bond acceptors (Lipinski definition) is 5. The van der Waals surface area contributed by atoms with Gasteiger partial charge in [0.05, 0.1) is 28.4 Å². The standard InChI is InChI=1S/C20H24O4S/c1-21-15-7-5-6-13(10-15)18-8-9-19(25-18)14-11-16(22-2)20(24-4)17(12-14)23-3/h5-7,10-12,18-19H,8-9H2,1-4H3. The van der Waals surface area contributed by atoms with Gasteiger partial charge in [0, 0.05) is 10.5 Å². The van der Waals surface area contributed by atoms with E-state index in [2.05, 4.69) is 30.3 Å². The van der Waals surface area contributed by atoms with Gasteiger partial charge in [-0.25, -0.2) is 0 Å². The van der Waals surface area contributed by atoms with Crippen molar-refractivity contribution in [2.24, 2.45) is 0 Å². The molecule has 134 valence electrons. The molecule has 1 aliphatic rings. The van der Waals surface area contributed by atoms with E-state index < -0.39 is 0 Å². The van der Waals surface area contributed by atoms with Crippen molar-refractivity contribution in [3.8, 4) is 23.0 Å². The Kier molecular flexibility index (Phi) is 5.63. The van der Waals surface area contributed by atoms with E-state index in [1.165, 1.54) is 11.1 Å². The predicted octanol–water partition coefficient (Wildman–Crippen LogP) is 5.03. The van der Waals surface area contributed by atoms with Crippen molar-refractivity contribution in [1.82, 2.24) is 0 Å². The molecule has 2 atom stereocenters. The minimum Gasteiger partial charge on any atom is -0.497 e. The Morgan fingerprint density at radius 2 is 1.40 bits per heavy atom. The molecule has 25 heavy (non-hydrogen) atoms. The second-order valence-corrected chi connectivity index (χ2v) is 7.34. The molecule has 3 rings (SSSR count). The second-order valence-electron chi connectivity index (χ2n) is 5.93. The van der Waals surface area contributed by atoms with Crippen LogP contribution in [0.4, 0.5) is 0 Å². The van der Waals surface area contributed by atoms with Crippen molar-refractivity contribution >= 4 is 11.8 Å². The summed E-state index contributed by atoms with van der Waals surface area (Å²) in [6.45, 7) is 0. The SMILES string of the molecule is COc1cccc(C2CCC(c3cc(OC)c(OC)c(OC)c3)S2)c1. The molecule has 1 aliphatic heterocycles. The molecule has 5 heteroatoms. The monoisotopic (exact) mass is 360 g/mol. The summed E-state index contributed by atoms with van der Waals surface area (Å²) in [4.78, 5) is 0. The molecular formula is C20H24O4S. The van der Waals surface area contributed by atoms with Gasteiger partial charge in [-0.2, -0.15) is 0 Å². The van der Waals surface area contributed by atoms with Crippen molar-refractivity contribution in [3.05, 3.63) is 47.5 Å². The molecule has 1 heterocycles. The highest BCUT2D eigenvalue weighted by Gasteiger charge is 2.29. The lowest BCUT2D eigenvalue weighted by Gasteiger charge is -2.17. The number of benzene rings is 2. The summed E-state index contributed by atoms with van der Waals surface area (Å²) in [6.07, 6.45) is 2.25. The summed E-state index contributed by atoms with van der Waals surface area (Å²) < 4.78 is 21.8. The largest absolute Gasteiger partial charge is 0.497 e. The van der Waals surface area contributed by atoms with E-state index in [1.54, 1.807) is 28.4 Å². The van der Waals surface area contributed by atoms with Crippen LogP contribution in [0.2, 0.25) is 0 Å². The van der Waals surface area contributed by atoms with E-state index >= 15 is 0 Å². The van der Waals surface area contributed by atoms with Crippen LogP contribution in [0, 0.1) is 0 Å². The van der Waals surface area contributed by atoms with Crippen LogP contribution in [0.25, 0.3) is 0 Å². The molecule has 0 N–H and O–H groups in total. The van der Waals surface area contributed by atoms with Crippen molar-refractivity contribution in [2.75, 3.05) is 28.4 Å². The molecule has 2 unspecified atom stereocenters. The maximum absolute atomic E-state index is 5.49. The Balaban J connectivity index is 1.84. The Hall–Kier alpha value is -2.01. The van der Waals surface area contributed by atoms with Crippen LogP contribution >= 0.6 is 11.8 Å². The lowest BCUT2D eigenvalue weighted by Crippen LogP contribution is -1.98. The van der Waals surface area contributed by atoms with Gasteiger partial charge in [-0.3, -0.25) is 0 Å². The summed E-state index contributed by atoms with van der Waals surface area (Å²) in [7, 11) is 6.65. The van der Waals surface area contributed by atoms with Crippen LogP contribution < -0.4 is 18.9 Å². The fourth-order valence-electron chi connectivity index (χ4n) is 3.26. The van der Waals surface area contributed by atoms with Gasteiger partial charge in [-0.1, -0.05) is 12.1 Å². The number of rotatable bonds is 6. The molecule has 1 fully saturated rings. The second kappa shape index (κ2) is 7.91. The minimum atomic E-state index is 0.407. The zero-order valence-corrected chi connectivity index (χ0v) is 15.9. The van der Waals surface area contributed by atoms with Crippen molar-refractivity contribution in [3.63, 3.8) is 0 Å². The fourth-order valence-corrected chi connectivity index (χ4v) is 4.79. The van der Waals surface area contributed by atoms with E-state index in [1.807, 2.05) is 17.8 Å². The van der Waals surface area contributed by atoms with Crippen LogP contribution in [-0.2, 0) is 0 Å². The molecular weight excluding hydrogens is 336 g/mol. The van der Waals surface area contributed by atoms with E-state index in [0.717, 1.165) is 18.6 Å². The summed E-state index contributed by atoms with van der Waals surface area (Å²) in [5.41, 5.74) is 2.53. The van der Waals surface area contributed by atoms with Crippen LogP contribution in [0.15, 0.2) is 36.4 Å². The molecule has 2 aromatic carbocycles. The Morgan fingerprint density at radius 1 is 0.760 bits per heavy atom. The van der Waals surface area contributed by atoms with E-state index in [9.17, 15) is 0 Å². The number of hydrogen-bond donors (Lipinski definition) is 0. The van der Waals surface area contributed by atoms with Crippen LogP contribution in [0.5, 0.6) is 23.0 Å². The van der Waals surface area contributed by atoms with Gasteiger partial charge >= 0.3 is 0 Å². The molecule has 0 amide bonds. The maximum atomic E-state index is 5.49. The molecule has 0 spiro atoms. The molecule has 0 radical (unpaired) electrons. The van der Waals surface area contributed by atoms with Crippen molar-refractivity contribution in [1.29, 1.82) is 0 Å². The quantitative estimate of drug-likeness (QED) is 0.722. The van der Waals surface area contributed by atoms with Crippen LogP contribution in [-0.4, -0.2) is 28.4 Å². The Labute approximate surface area is 153 Å². The molecule has 2 aromatic rings. The first-order valence-electron chi connectivity index (χ1n) is 8.29. The first-order valence-corrected chi connectivity index (χ1v) is 9.23. The highest BCUT2D eigenvalue weighted by atomic mass is 32.2. The van der Waals surface area contributed by atoms with Gasteiger partial charge in [0.15, 0.2) is 11.5 Å². The molecule has 0 aromatic heterocycles. The van der Waals surface area contributed by atoms with Gasteiger partial charge in [0.25, 0.3) is 0 Å². The highest BCUT2D eigenvalue weighted by Crippen LogP contribution is 2.54. The third-order valence-corrected chi connectivity index (χ3v) is 6.22. The van der Waals surface area contributed by atoms with E-state index in [-0.39, 0.29) is 0 Å². The molecule has 4 nitrogen and oxygen atoms in total. The van der Waals surface area contributed by atoms with Gasteiger partial charge in [0.1, 0.15) is 5.75 Å². The summed E-state index contributed by atoms with van der Waals surface area (Å²) >= 11 is 1.98. The summed E-state index contributed by atoms with van der Waals surface area (Å²) in [6, 6.07) is 12.5. The zero-order chi connectivity index (χ0) is 17.8. The van der Waals surface area contributed by atoms with Crippen LogP contribution in [0.3, 0.4) is 0 Å².